The van der Waals surface area contributed by atoms with E-state index in [0.717, 1.165) is 43.0 Å². The van der Waals surface area contributed by atoms with E-state index in [1.54, 1.807) is 0 Å². The van der Waals surface area contributed by atoms with Crippen molar-refractivity contribution in [2.75, 3.05) is 33.2 Å². The Balaban J connectivity index is 1.68. The van der Waals surface area contributed by atoms with Gasteiger partial charge in [-0.05, 0) is 44.7 Å². The molecule has 0 unspecified atom stereocenters. The maximum absolute atomic E-state index is 13.0. The van der Waals surface area contributed by atoms with Crippen molar-refractivity contribution in [3.63, 3.8) is 0 Å². The molecule has 1 fully saturated rings. The highest BCUT2D eigenvalue weighted by atomic mass is 16.2. The number of aliphatic imine (C=N–C) groups is 1. The maximum atomic E-state index is 13.0. The van der Waals surface area contributed by atoms with Crippen molar-refractivity contribution >= 4 is 17.3 Å². The van der Waals surface area contributed by atoms with Crippen LogP contribution in [0.5, 0.6) is 0 Å². The molecule has 3 aliphatic rings. The number of piperazine rings is 1. The summed E-state index contributed by atoms with van der Waals surface area (Å²) in [5.74, 6) is 0.0286. The number of aryl methyl sites for hydroxylation is 1. The summed E-state index contributed by atoms with van der Waals surface area (Å²) >= 11 is 0. The Hall–Kier alpha value is -3.25. The minimum absolute atomic E-state index is 0.0286. The Labute approximate surface area is 176 Å². The van der Waals surface area contributed by atoms with Gasteiger partial charge in [0.2, 0.25) is 0 Å². The molecule has 0 radical (unpaired) electrons. The SMILES string of the molecule is C/C(=N\c1cc(C(=O)N2CCN(C)CC2)ccc1C)c1c2cccccc-2[nH]c1=O. The number of carbonyl (C=O) groups excluding carboxylic acids is 1. The molecule has 0 saturated carbocycles. The average Bonchev–Trinajstić information content (AvgIpc) is 2.88. The number of H-pyrrole nitrogens is 1. The van der Waals surface area contributed by atoms with Gasteiger partial charge in [-0.25, -0.2) is 0 Å². The van der Waals surface area contributed by atoms with E-state index in [9.17, 15) is 9.59 Å². The number of hydrogen-bond acceptors (Lipinski definition) is 4. The van der Waals surface area contributed by atoms with E-state index in [0.29, 0.717) is 22.5 Å². The Morgan fingerprint density at radius 2 is 1.77 bits per heavy atom. The third-order valence-corrected chi connectivity index (χ3v) is 5.68. The summed E-state index contributed by atoms with van der Waals surface area (Å²) in [6.45, 7) is 7.02. The average molecular weight is 402 g/mol. The van der Waals surface area contributed by atoms with E-state index in [1.807, 2.05) is 67.3 Å². The first-order chi connectivity index (χ1) is 14.4. The van der Waals surface area contributed by atoms with Crippen LogP contribution in [0.25, 0.3) is 11.3 Å². The molecule has 154 valence electrons. The van der Waals surface area contributed by atoms with Crippen molar-refractivity contribution in [2.45, 2.75) is 13.8 Å². The van der Waals surface area contributed by atoms with E-state index >= 15 is 0 Å². The fourth-order valence-electron chi connectivity index (χ4n) is 3.83. The molecule has 2 aliphatic heterocycles. The molecule has 4 rings (SSSR count). The second-order valence-electron chi connectivity index (χ2n) is 7.86. The van der Waals surface area contributed by atoms with Crippen molar-refractivity contribution < 1.29 is 4.79 Å². The smallest absolute Gasteiger partial charge is 0.258 e. The summed E-state index contributed by atoms with van der Waals surface area (Å²) in [6, 6.07) is 15.1. The molecule has 0 atom stereocenters. The summed E-state index contributed by atoms with van der Waals surface area (Å²) in [5, 5.41) is 0. The summed E-state index contributed by atoms with van der Waals surface area (Å²) in [7, 11) is 2.07. The zero-order valence-corrected chi connectivity index (χ0v) is 17.6. The molecule has 6 heteroatoms. The predicted octanol–water partition coefficient (Wildman–Crippen LogP) is 3.32. The standard InChI is InChI=1S/C24H26N4O2/c1-16-9-10-18(24(30)28-13-11-27(3)12-14-28)15-21(16)25-17(2)22-19-7-5-4-6-8-20(19)26-23(22)29/h4-10,15H,11-14H2,1-3H3,(H,26,29)/b25-17+. The fraction of sp³-hybridized carbons (Fsp3) is 0.292. The van der Waals surface area contributed by atoms with E-state index < -0.39 is 0 Å². The van der Waals surface area contributed by atoms with Crippen molar-refractivity contribution in [1.82, 2.24) is 14.8 Å². The minimum Gasteiger partial charge on any atom is -0.336 e. The van der Waals surface area contributed by atoms with Gasteiger partial charge in [0.05, 0.1) is 17.0 Å². The van der Waals surface area contributed by atoms with Crippen LogP contribution in [-0.2, 0) is 0 Å². The third kappa shape index (κ3) is 3.91. The molecule has 30 heavy (non-hydrogen) atoms. The number of nitrogens with one attached hydrogen (secondary N) is 1. The van der Waals surface area contributed by atoms with Crippen LogP contribution in [0.2, 0.25) is 0 Å². The quantitative estimate of drug-likeness (QED) is 0.684. The van der Waals surface area contributed by atoms with Gasteiger partial charge < -0.3 is 14.8 Å². The Kier molecular flexibility index (Phi) is 5.50. The van der Waals surface area contributed by atoms with E-state index in [4.69, 9.17) is 4.99 Å². The molecule has 1 aromatic rings. The first-order valence-electron chi connectivity index (χ1n) is 10.2. The summed E-state index contributed by atoms with van der Waals surface area (Å²) in [6.07, 6.45) is 0. The molecule has 0 aromatic heterocycles. The zero-order valence-electron chi connectivity index (χ0n) is 17.6. The number of fused-ring (bicyclic) bond motifs is 1. The molecular weight excluding hydrogens is 376 g/mol. The third-order valence-electron chi connectivity index (χ3n) is 5.68. The van der Waals surface area contributed by atoms with Gasteiger partial charge in [0.1, 0.15) is 0 Å². The Morgan fingerprint density at radius 1 is 1.03 bits per heavy atom. The van der Waals surface area contributed by atoms with Crippen LogP contribution >= 0.6 is 0 Å². The second kappa shape index (κ2) is 8.24. The molecule has 6 nitrogen and oxygen atoms in total. The van der Waals surface area contributed by atoms with Gasteiger partial charge in [0, 0.05) is 43.0 Å². The molecule has 1 N–H and O–H groups in total. The first-order valence-corrected chi connectivity index (χ1v) is 10.2. The fourth-order valence-corrected chi connectivity index (χ4v) is 3.83. The van der Waals surface area contributed by atoms with Gasteiger partial charge in [0.25, 0.3) is 11.5 Å². The van der Waals surface area contributed by atoms with Crippen molar-refractivity contribution in [1.29, 1.82) is 0 Å². The summed E-state index contributed by atoms with van der Waals surface area (Å²) < 4.78 is 0. The predicted molar refractivity (Wildman–Crippen MR) is 120 cm³/mol. The van der Waals surface area contributed by atoms with Gasteiger partial charge in [-0.1, -0.05) is 30.3 Å². The molecule has 1 saturated heterocycles. The highest BCUT2D eigenvalue weighted by Crippen LogP contribution is 2.26. The Morgan fingerprint density at radius 3 is 2.53 bits per heavy atom. The van der Waals surface area contributed by atoms with Gasteiger partial charge in [-0.2, -0.15) is 0 Å². The topological polar surface area (TPSA) is 68.8 Å². The Bertz CT molecular complexity index is 1140. The van der Waals surface area contributed by atoms with Gasteiger partial charge in [-0.15, -0.1) is 0 Å². The first kappa shape index (κ1) is 20.0. The summed E-state index contributed by atoms with van der Waals surface area (Å²) in [5.41, 5.74) is 4.97. The van der Waals surface area contributed by atoms with Gasteiger partial charge in [0.15, 0.2) is 0 Å². The monoisotopic (exact) mass is 402 g/mol. The van der Waals surface area contributed by atoms with E-state index in [1.165, 1.54) is 0 Å². The number of amides is 1. The largest absolute Gasteiger partial charge is 0.336 e. The lowest BCUT2D eigenvalue weighted by Crippen LogP contribution is -2.47. The number of carbonyl (C=O) groups is 1. The number of likely N-dealkylation sites (N-methyl/N-ethyl adjacent to an activating group) is 1. The zero-order chi connectivity index (χ0) is 21.3. The van der Waals surface area contributed by atoms with Crippen LogP contribution in [0.1, 0.15) is 28.4 Å². The molecule has 1 aliphatic carbocycles. The lowest BCUT2D eigenvalue weighted by atomic mass is 10.1. The van der Waals surface area contributed by atoms with Crippen LogP contribution in [-0.4, -0.2) is 59.6 Å². The number of hydrogen-bond donors (Lipinski definition) is 1. The van der Waals surface area contributed by atoms with Gasteiger partial charge in [-0.3, -0.25) is 14.6 Å². The van der Waals surface area contributed by atoms with Crippen molar-refractivity contribution in [3.05, 3.63) is 75.6 Å². The lowest BCUT2D eigenvalue weighted by molar-refractivity contribution is 0.0664. The second-order valence-corrected chi connectivity index (χ2v) is 7.86. The van der Waals surface area contributed by atoms with Crippen LogP contribution < -0.4 is 5.56 Å². The highest BCUT2D eigenvalue weighted by molar-refractivity contribution is 6.06. The van der Waals surface area contributed by atoms with Gasteiger partial charge >= 0.3 is 0 Å². The van der Waals surface area contributed by atoms with Crippen LogP contribution in [0.4, 0.5) is 5.69 Å². The molecular formula is C24H26N4O2. The normalized spacial score (nSPS) is 15.6. The number of aromatic nitrogens is 1. The molecule has 0 spiro atoms. The van der Waals surface area contributed by atoms with E-state index in [2.05, 4.69) is 16.9 Å². The highest BCUT2D eigenvalue weighted by Gasteiger charge is 2.21. The van der Waals surface area contributed by atoms with E-state index in [-0.39, 0.29) is 11.5 Å². The number of aromatic amines is 1. The molecule has 1 amide bonds. The number of nitrogens with zero attached hydrogens (tertiary/aromatic N) is 3. The number of benzene rings is 1. The molecule has 2 heterocycles. The van der Waals surface area contributed by atoms with Crippen LogP contribution in [0.3, 0.4) is 0 Å². The van der Waals surface area contributed by atoms with Crippen LogP contribution in [0, 0.1) is 6.92 Å². The summed E-state index contributed by atoms with van der Waals surface area (Å²) in [4.78, 5) is 37.3. The minimum atomic E-state index is -0.153. The van der Waals surface area contributed by atoms with Crippen molar-refractivity contribution in [2.24, 2.45) is 4.99 Å². The molecule has 0 bridgehead atoms. The maximum Gasteiger partial charge on any atom is 0.258 e. The molecule has 1 aromatic carbocycles. The number of rotatable bonds is 3. The van der Waals surface area contributed by atoms with Crippen LogP contribution in [0.15, 0.2) is 58.3 Å². The van der Waals surface area contributed by atoms with Crippen molar-refractivity contribution in [3.8, 4) is 11.3 Å². The lowest BCUT2D eigenvalue weighted by Gasteiger charge is -2.32.